The molecule has 112 valence electrons. The van der Waals surface area contributed by atoms with Crippen molar-refractivity contribution < 1.29 is 4.39 Å². The van der Waals surface area contributed by atoms with E-state index in [0.717, 1.165) is 24.2 Å². The van der Waals surface area contributed by atoms with E-state index in [1.807, 2.05) is 12.1 Å². The second-order valence-electron chi connectivity index (χ2n) is 6.79. The van der Waals surface area contributed by atoms with Crippen molar-refractivity contribution in [2.45, 2.75) is 65.1 Å². The molecule has 0 saturated carbocycles. The highest BCUT2D eigenvalue weighted by Gasteiger charge is 2.25. The largest absolute Gasteiger partial charge is 0.366 e. The summed E-state index contributed by atoms with van der Waals surface area (Å²) in [6.07, 6.45) is 3.45. The lowest BCUT2D eigenvalue weighted by Gasteiger charge is -2.27. The van der Waals surface area contributed by atoms with Crippen molar-refractivity contribution >= 4 is 5.69 Å². The number of benzene rings is 1. The Bertz CT molecular complexity index is 451. The highest BCUT2D eigenvalue weighted by molar-refractivity contribution is 5.51. The summed E-state index contributed by atoms with van der Waals surface area (Å²) < 4.78 is 14.4. The minimum absolute atomic E-state index is 0.0530. The van der Waals surface area contributed by atoms with E-state index in [0.29, 0.717) is 12.6 Å². The molecular formula is C17H27FN2. The van der Waals surface area contributed by atoms with Gasteiger partial charge in [-0.3, -0.25) is 0 Å². The van der Waals surface area contributed by atoms with Crippen LogP contribution in [0.4, 0.5) is 10.1 Å². The van der Waals surface area contributed by atoms with Crippen LogP contribution in [0.1, 0.15) is 52.5 Å². The Hall–Kier alpha value is -1.09. The van der Waals surface area contributed by atoms with Crippen molar-refractivity contribution in [2.24, 2.45) is 0 Å². The average molecular weight is 278 g/mol. The highest BCUT2D eigenvalue weighted by Crippen LogP contribution is 2.29. The van der Waals surface area contributed by atoms with Gasteiger partial charge < -0.3 is 10.2 Å². The second kappa shape index (κ2) is 6.13. The van der Waals surface area contributed by atoms with Crippen molar-refractivity contribution in [3.05, 3.63) is 29.6 Å². The van der Waals surface area contributed by atoms with Crippen LogP contribution in [0.2, 0.25) is 0 Å². The van der Waals surface area contributed by atoms with Gasteiger partial charge in [-0.1, -0.05) is 13.0 Å². The van der Waals surface area contributed by atoms with Gasteiger partial charge in [-0.25, -0.2) is 4.39 Å². The fraction of sp³-hybridized carbons (Fsp3) is 0.647. The van der Waals surface area contributed by atoms with Gasteiger partial charge in [-0.05, 0) is 57.7 Å². The molecule has 1 aliphatic rings. The average Bonchev–Trinajstić information content (AvgIpc) is 2.83. The van der Waals surface area contributed by atoms with Gasteiger partial charge in [-0.2, -0.15) is 0 Å². The quantitative estimate of drug-likeness (QED) is 0.892. The fourth-order valence-corrected chi connectivity index (χ4v) is 2.84. The molecule has 20 heavy (non-hydrogen) atoms. The molecule has 1 aromatic carbocycles. The third-order valence-electron chi connectivity index (χ3n) is 3.99. The molecule has 1 heterocycles. The maximum Gasteiger partial charge on any atom is 0.146 e. The summed E-state index contributed by atoms with van der Waals surface area (Å²) in [5.41, 5.74) is 1.83. The Kier molecular flexibility index (Phi) is 4.69. The molecule has 1 fully saturated rings. The van der Waals surface area contributed by atoms with E-state index < -0.39 is 0 Å². The lowest BCUT2D eigenvalue weighted by Crippen LogP contribution is -2.35. The maximum atomic E-state index is 14.4. The normalized spacial score (nSPS) is 19.6. The summed E-state index contributed by atoms with van der Waals surface area (Å²) in [4.78, 5) is 2.23. The molecular weight excluding hydrogens is 251 g/mol. The van der Waals surface area contributed by atoms with Crippen LogP contribution >= 0.6 is 0 Å². The first kappa shape index (κ1) is 15.3. The molecule has 1 saturated heterocycles. The third-order valence-corrected chi connectivity index (χ3v) is 3.99. The van der Waals surface area contributed by atoms with Gasteiger partial charge in [0, 0.05) is 24.7 Å². The van der Waals surface area contributed by atoms with Crippen molar-refractivity contribution in [2.75, 3.05) is 11.4 Å². The van der Waals surface area contributed by atoms with Crippen LogP contribution in [0.25, 0.3) is 0 Å². The summed E-state index contributed by atoms with van der Waals surface area (Å²) in [7, 11) is 0. The van der Waals surface area contributed by atoms with E-state index in [-0.39, 0.29) is 11.4 Å². The molecule has 1 atom stereocenters. The molecule has 1 aromatic rings. The Labute approximate surface area is 122 Å². The first-order valence-electron chi connectivity index (χ1n) is 7.71. The van der Waals surface area contributed by atoms with E-state index in [9.17, 15) is 4.39 Å². The highest BCUT2D eigenvalue weighted by atomic mass is 19.1. The van der Waals surface area contributed by atoms with Crippen LogP contribution in [0.3, 0.4) is 0 Å². The fourth-order valence-electron chi connectivity index (χ4n) is 2.84. The predicted octanol–water partition coefficient (Wildman–Crippen LogP) is 4.09. The summed E-state index contributed by atoms with van der Waals surface area (Å²) >= 11 is 0. The minimum Gasteiger partial charge on any atom is -0.366 e. The Morgan fingerprint density at radius 2 is 2.10 bits per heavy atom. The number of hydrogen-bond donors (Lipinski definition) is 1. The number of halogens is 1. The zero-order valence-corrected chi connectivity index (χ0v) is 13.2. The molecule has 3 heteroatoms. The second-order valence-corrected chi connectivity index (χ2v) is 6.79. The van der Waals surface area contributed by atoms with Crippen LogP contribution in [0.15, 0.2) is 18.2 Å². The third kappa shape index (κ3) is 3.72. The molecule has 1 unspecified atom stereocenters. The first-order chi connectivity index (χ1) is 9.40. The van der Waals surface area contributed by atoms with Gasteiger partial charge in [-0.15, -0.1) is 0 Å². The number of nitrogens with zero attached hydrogens (tertiary/aromatic N) is 1. The maximum absolute atomic E-state index is 14.4. The SMILES string of the molecule is CCC1CCCN1c1ccc(CNC(C)(C)C)cc1F. The molecule has 0 radical (unpaired) electrons. The van der Waals surface area contributed by atoms with Gasteiger partial charge in [0.1, 0.15) is 5.82 Å². The van der Waals surface area contributed by atoms with Crippen LogP contribution in [-0.2, 0) is 6.54 Å². The van der Waals surface area contributed by atoms with E-state index in [1.165, 1.54) is 12.8 Å². The van der Waals surface area contributed by atoms with Crippen molar-refractivity contribution in [3.63, 3.8) is 0 Å². The Morgan fingerprint density at radius 1 is 1.35 bits per heavy atom. The summed E-state index contributed by atoms with van der Waals surface area (Å²) in [6, 6.07) is 6.17. The number of anilines is 1. The van der Waals surface area contributed by atoms with E-state index >= 15 is 0 Å². The smallest absolute Gasteiger partial charge is 0.146 e. The van der Waals surface area contributed by atoms with E-state index in [1.54, 1.807) is 6.07 Å². The monoisotopic (exact) mass is 278 g/mol. The number of hydrogen-bond acceptors (Lipinski definition) is 2. The van der Waals surface area contributed by atoms with Crippen molar-refractivity contribution in [3.8, 4) is 0 Å². The van der Waals surface area contributed by atoms with Gasteiger partial charge >= 0.3 is 0 Å². The van der Waals surface area contributed by atoms with Crippen molar-refractivity contribution in [1.29, 1.82) is 0 Å². The molecule has 1 aliphatic heterocycles. The first-order valence-corrected chi connectivity index (χ1v) is 7.71. The lowest BCUT2D eigenvalue weighted by molar-refractivity contribution is 0.423. The van der Waals surface area contributed by atoms with Gasteiger partial charge in [0.2, 0.25) is 0 Å². The zero-order chi connectivity index (χ0) is 14.8. The molecule has 0 bridgehead atoms. The molecule has 0 aromatic heterocycles. The summed E-state index contributed by atoms with van der Waals surface area (Å²) in [5.74, 6) is -0.0847. The number of rotatable bonds is 4. The zero-order valence-electron chi connectivity index (χ0n) is 13.2. The predicted molar refractivity (Wildman–Crippen MR) is 83.7 cm³/mol. The topological polar surface area (TPSA) is 15.3 Å². The van der Waals surface area contributed by atoms with Crippen LogP contribution in [-0.4, -0.2) is 18.1 Å². The minimum atomic E-state index is -0.0847. The van der Waals surface area contributed by atoms with Gasteiger partial charge in [0.05, 0.1) is 5.69 Å². The van der Waals surface area contributed by atoms with Crippen LogP contribution in [0, 0.1) is 5.82 Å². The molecule has 0 aliphatic carbocycles. The van der Waals surface area contributed by atoms with E-state index in [2.05, 4.69) is 37.9 Å². The van der Waals surface area contributed by atoms with E-state index in [4.69, 9.17) is 0 Å². The molecule has 0 amide bonds. The molecule has 1 N–H and O–H groups in total. The van der Waals surface area contributed by atoms with Gasteiger partial charge in [0.15, 0.2) is 0 Å². The lowest BCUT2D eigenvalue weighted by atomic mass is 10.1. The standard InChI is InChI=1S/C17H27FN2/c1-5-14-7-6-10-20(14)16-9-8-13(11-15(16)18)12-19-17(2,3)4/h8-9,11,14,19H,5-7,10,12H2,1-4H3. The van der Waals surface area contributed by atoms with Crippen LogP contribution < -0.4 is 10.2 Å². The summed E-state index contributed by atoms with van der Waals surface area (Å²) in [5, 5.41) is 3.39. The molecule has 2 nitrogen and oxygen atoms in total. The molecule has 0 spiro atoms. The Balaban J connectivity index is 2.10. The molecule has 2 rings (SSSR count). The number of nitrogens with one attached hydrogen (secondary N) is 1. The van der Waals surface area contributed by atoms with Crippen LogP contribution in [0.5, 0.6) is 0 Å². The Morgan fingerprint density at radius 3 is 2.70 bits per heavy atom. The van der Waals surface area contributed by atoms with Gasteiger partial charge in [0.25, 0.3) is 0 Å². The summed E-state index contributed by atoms with van der Waals surface area (Å²) in [6.45, 7) is 10.2. The van der Waals surface area contributed by atoms with Crippen molar-refractivity contribution in [1.82, 2.24) is 5.32 Å².